The Balaban J connectivity index is 1.81. The van der Waals surface area contributed by atoms with E-state index >= 15 is 0 Å². The highest BCUT2D eigenvalue weighted by Crippen LogP contribution is 2.17. The number of nitrogens with one attached hydrogen (secondary N) is 2. The Morgan fingerprint density at radius 1 is 1.09 bits per heavy atom. The molecule has 0 aliphatic heterocycles. The van der Waals surface area contributed by atoms with Crippen molar-refractivity contribution in [2.24, 2.45) is 5.10 Å². The number of carbonyl (C=O) groups excluding carboxylic acids is 2. The van der Waals surface area contributed by atoms with Gasteiger partial charge < -0.3 is 10.4 Å². The number of carbonyl (C=O) groups is 3. The molecule has 22 heavy (non-hydrogen) atoms. The average molecular weight is 303 g/mol. The van der Waals surface area contributed by atoms with Crippen molar-refractivity contribution in [2.45, 2.75) is 31.7 Å². The maximum atomic E-state index is 11.6. The lowest BCUT2D eigenvalue weighted by Gasteiger charge is -2.10. The monoisotopic (exact) mass is 303 g/mol. The lowest BCUT2D eigenvalue weighted by Crippen LogP contribution is -2.42. The van der Waals surface area contributed by atoms with Crippen LogP contribution in [-0.2, 0) is 9.59 Å². The molecule has 2 amide bonds. The quantitative estimate of drug-likeness (QED) is 0.436. The first-order valence-electron chi connectivity index (χ1n) is 7.03. The first-order chi connectivity index (χ1) is 10.6. The summed E-state index contributed by atoms with van der Waals surface area (Å²) in [5.41, 5.74) is 2.92. The van der Waals surface area contributed by atoms with E-state index in [9.17, 15) is 14.4 Å². The lowest BCUT2D eigenvalue weighted by molar-refractivity contribution is -0.139. The maximum Gasteiger partial charge on any atom is 0.335 e. The third-order valence-corrected chi connectivity index (χ3v) is 3.43. The molecule has 0 radical (unpaired) electrons. The molecule has 2 rings (SSSR count). The topological polar surface area (TPSA) is 108 Å². The van der Waals surface area contributed by atoms with Crippen molar-refractivity contribution in [3.63, 3.8) is 0 Å². The standard InChI is InChI=1S/C15H17N3O4/c19-13(17-12-3-1-2-4-12)14(20)18-16-9-10-5-7-11(8-6-10)15(21)22/h5-9,12H,1-4H2,(H,17,19)(H,18,20)(H,21,22)/b16-9-. The summed E-state index contributed by atoms with van der Waals surface area (Å²) in [6.07, 6.45) is 5.27. The molecule has 0 spiro atoms. The summed E-state index contributed by atoms with van der Waals surface area (Å²) in [7, 11) is 0. The van der Waals surface area contributed by atoms with Crippen LogP contribution in [0.3, 0.4) is 0 Å². The second kappa shape index (κ2) is 7.35. The van der Waals surface area contributed by atoms with Gasteiger partial charge in [-0.2, -0.15) is 5.10 Å². The molecule has 1 fully saturated rings. The van der Waals surface area contributed by atoms with Crippen LogP contribution >= 0.6 is 0 Å². The molecule has 0 bridgehead atoms. The minimum atomic E-state index is -1.01. The SMILES string of the molecule is O=C(N/N=C\c1ccc(C(=O)O)cc1)C(=O)NC1CCCC1. The van der Waals surface area contributed by atoms with E-state index in [4.69, 9.17) is 5.11 Å². The summed E-state index contributed by atoms with van der Waals surface area (Å²) in [4.78, 5) is 33.8. The maximum absolute atomic E-state index is 11.6. The van der Waals surface area contributed by atoms with E-state index < -0.39 is 17.8 Å². The minimum Gasteiger partial charge on any atom is -0.478 e. The van der Waals surface area contributed by atoms with Gasteiger partial charge in [-0.25, -0.2) is 10.2 Å². The van der Waals surface area contributed by atoms with Gasteiger partial charge in [-0.3, -0.25) is 9.59 Å². The number of amides is 2. The highest BCUT2D eigenvalue weighted by Gasteiger charge is 2.20. The van der Waals surface area contributed by atoms with Gasteiger partial charge in [0.25, 0.3) is 0 Å². The van der Waals surface area contributed by atoms with Gasteiger partial charge in [0.1, 0.15) is 0 Å². The highest BCUT2D eigenvalue weighted by molar-refractivity contribution is 6.35. The minimum absolute atomic E-state index is 0.0748. The van der Waals surface area contributed by atoms with Gasteiger partial charge in [0.05, 0.1) is 11.8 Å². The predicted octanol–water partition coefficient (Wildman–Crippen LogP) is 0.894. The van der Waals surface area contributed by atoms with E-state index in [1.54, 1.807) is 12.1 Å². The molecular weight excluding hydrogens is 286 g/mol. The fourth-order valence-electron chi connectivity index (χ4n) is 2.25. The molecule has 7 heteroatoms. The number of hydrazone groups is 1. The van der Waals surface area contributed by atoms with Crippen molar-refractivity contribution < 1.29 is 19.5 Å². The van der Waals surface area contributed by atoms with Gasteiger partial charge in [-0.15, -0.1) is 0 Å². The second-order valence-corrected chi connectivity index (χ2v) is 5.08. The first kappa shape index (κ1) is 15.7. The summed E-state index contributed by atoms with van der Waals surface area (Å²) in [6, 6.07) is 6.04. The number of aromatic carboxylic acids is 1. The molecule has 0 aromatic heterocycles. The van der Waals surface area contributed by atoms with Gasteiger partial charge in [-0.05, 0) is 30.5 Å². The van der Waals surface area contributed by atoms with Crippen LogP contribution in [0.5, 0.6) is 0 Å². The normalized spacial score (nSPS) is 14.9. The molecule has 1 saturated carbocycles. The number of hydrogen-bond acceptors (Lipinski definition) is 4. The van der Waals surface area contributed by atoms with E-state index in [-0.39, 0.29) is 11.6 Å². The van der Waals surface area contributed by atoms with E-state index in [0.29, 0.717) is 5.56 Å². The fourth-order valence-corrected chi connectivity index (χ4v) is 2.25. The first-order valence-corrected chi connectivity index (χ1v) is 7.03. The van der Waals surface area contributed by atoms with Gasteiger partial charge >= 0.3 is 17.8 Å². The average Bonchev–Trinajstić information content (AvgIpc) is 3.00. The van der Waals surface area contributed by atoms with Crippen LogP contribution in [0.15, 0.2) is 29.4 Å². The van der Waals surface area contributed by atoms with Crippen molar-refractivity contribution in [1.82, 2.24) is 10.7 Å². The Labute approximate surface area is 127 Å². The van der Waals surface area contributed by atoms with E-state index in [2.05, 4.69) is 15.8 Å². The fraction of sp³-hybridized carbons (Fsp3) is 0.333. The summed E-state index contributed by atoms with van der Waals surface area (Å²) in [5, 5.41) is 15.1. The van der Waals surface area contributed by atoms with E-state index in [1.807, 2.05) is 0 Å². The van der Waals surface area contributed by atoms with Gasteiger partial charge in [0.15, 0.2) is 0 Å². The summed E-state index contributed by atoms with van der Waals surface area (Å²) < 4.78 is 0. The van der Waals surface area contributed by atoms with Crippen LogP contribution in [0.4, 0.5) is 0 Å². The third-order valence-electron chi connectivity index (χ3n) is 3.43. The molecule has 0 heterocycles. The number of carboxylic acids is 1. The number of rotatable bonds is 4. The highest BCUT2D eigenvalue weighted by atomic mass is 16.4. The lowest BCUT2D eigenvalue weighted by atomic mass is 10.1. The second-order valence-electron chi connectivity index (χ2n) is 5.08. The number of nitrogens with zero attached hydrogens (tertiary/aromatic N) is 1. The predicted molar refractivity (Wildman–Crippen MR) is 79.5 cm³/mol. The summed E-state index contributed by atoms with van der Waals surface area (Å²) in [5.74, 6) is -2.52. The van der Waals surface area contributed by atoms with Crippen LogP contribution < -0.4 is 10.7 Å². The smallest absolute Gasteiger partial charge is 0.335 e. The summed E-state index contributed by atoms with van der Waals surface area (Å²) in [6.45, 7) is 0. The molecule has 1 aromatic rings. The number of hydrogen-bond donors (Lipinski definition) is 3. The van der Waals surface area contributed by atoms with E-state index in [1.165, 1.54) is 18.3 Å². The number of benzene rings is 1. The largest absolute Gasteiger partial charge is 0.478 e. The number of carboxylic acid groups (broad SMARTS) is 1. The molecule has 1 aliphatic rings. The zero-order chi connectivity index (χ0) is 15.9. The van der Waals surface area contributed by atoms with Crippen LogP contribution in [0.1, 0.15) is 41.6 Å². The van der Waals surface area contributed by atoms with Gasteiger partial charge in [0, 0.05) is 6.04 Å². The van der Waals surface area contributed by atoms with Crippen molar-refractivity contribution in [3.05, 3.63) is 35.4 Å². The molecule has 0 atom stereocenters. The van der Waals surface area contributed by atoms with Gasteiger partial charge in [0.2, 0.25) is 0 Å². The Morgan fingerprint density at radius 3 is 2.32 bits per heavy atom. The molecule has 1 aliphatic carbocycles. The van der Waals surface area contributed by atoms with Crippen molar-refractivity contribution in [3.8, 4) is 0 Å². The van der Waals surface area contributed by atoms with Gasteiger partial charge in [-0.1, -0.05) is 25.0 Å². The molecule has 116 valence electrons. The zero-order valence-electron chi connectivity index (χ0n) is 11.9. The Kier molecular flexibility index (Phi) is 5.24. The Bertz CT molecular complexity index is 589. The van der Waals surface area contributed by atoms with Crippen LogP contribution in [0.25, 0.3) is 0 Å². The molecular formula is C15H17N3O4. The van der Waals surface area contributed by atoms with Crippen LogP contribution in [0.2, 0.25) is 0 Å². The van der Waals surface area contributed by atoms with Crippen molar-refractivity contribution in [2.75, 3.05) is 0 Å². The van der Waals surface area contributed by atoms with Crippen molar-refractivity contribution >= 4 is 24.0 Å². The zero-order valence-corrected chi connectivity index (χ0v) is 11.9. The van der Waals surface area contributed by atoms with Crippen molar-refractivity contribution in [1.29, 1.82) is 0 Å². The molecule has 1 aromatic carbocycles. The molecule has 0 saturated heterocycles. The summed E-state index contributed by atoms with van der Waals surface area (Å²) >= 11 is 0. The van der Waals surface area contributed by atoms with Crippen LogP contribution in [-0.4, -0.2) is 35.1 Å². The third kappa shape index (κ3) is 4.41. The molecule has 7 nitrogen and oxygen atoms in total. The van der Waals surface area contributed by atoms with E-state index in [0.717, 1.165) is 25.7 Å². The molecule has 0 unspecified atom stereocenters. The Morgan fingerprint density at radius 2 is 1.73 bits per heavy atom. The molecule has 3 N–H and O–H groups in total. The Hall–Kier alpha value is -2.70. The van der Waals surface area contributed by atoms with Crippen LogP contribution in [0, 0.1) is 0 Å².